The van der Waals surface area contributed by atoms with Crippen LogP contribution in [0.15, 0.2) is 91.3 Å². The summed E-state index contributed by atoms with van der Waals surface area (Å²) >= 11 is 0. The number of pyridine rings is 3. The SMILES string of the molecule is CC.CC.CCCC.c1ccc(-c2cc(-c3ccccn3)nc(-c3ccccn3)c2)cc1. The molecule has 0 aliphatic carbocycles. The van der Waals surface area contributed by atoms with Crippen molar-refractivity contribution >= 4 is 0 Å². The average molecular weight is 428 g/mol. The zero-order valence-corrected chi connectivity index (χ0v) is 20.4. The molecule has 0 radical (unpaired) electrons. The lowest BCUT2D eigenvalue weighted by Crippen LogP contribution is -1.93. The zero-order valence-electron chi connectivity index (χ0n) is 20.4. The predicted octanol–water partition coefficient (Wildman–Crippen LogP) is 8.73. The Morgan fingerprint density at radius 3 is 1.31 bits per heavy atom. The smallest absolute Gasteiger partial charge is 0.0900 e. The van der Waals surface area contributed by atoms with E-state index in [2.05, 4.69) is 48.1 Å². The highest BCUT2D eigenvalue weighted by Gasteiger charge is 2.09. The van der Waals surface area contributed by atoms with Crippen molar-refractivity contribution in [1.82, 2.24) is 15.0 Å². The molecule has 0 N–H and O–H groups in total. The van der Waals surface area contributed by atoms with Gasteiger partial charge in [0.2, 0.25) is 0 Å². The van der Waals surface area contributed by atoms with Gasteiger partial charge in [0.05, 0.1) is 22.8 Å². The summed E-state index contributed by atoms with van der Waals surface area (Å²) in [4.78, 5) is 13.6. The molecule has 0 saturated heterocycles. The quantitative estimate of drug-likeness (QED) is 0.327. The van der Waals surface area contributed by atoms with E-state index in [1.54, 1.807) is 12.4 Å². The van der Waals surface area contributed by atoms with Crippen molar-refractivity contribution in [3.8, 4) is 33.9 Å². The fourth-order valence-corrected chi connectivity index (χ4v) is 2.62. The Balaban J connectivity index is 0.000000568. The third kappa shape index (κ3) is 8.43. The van der Waals surface area contributed by atoms with Crippen molar-refractivity contribution in [2.45, 2.75) is 54.4 Å². The molecule has 3 nitrogen and oxygen atoms in total. The number of aromatic nitrogens is 3. The summed E-state index contributed by atoms with van der Waals surface area (Å²) in [6, 6.07) is 26.1. The standard InChI is InChI=1S/C21H15N3.C4H10.2C2H6/c1-2-8-16(9-3-1)17-14-20(18-10-4-6-12-22-18)24-21(15-17)19-11-5-7-13-23-19;1-3-4-2;2*1-2/h1-15H;3-4H2,1-2H3;2*1-2H3. The maximum Gasteiger partial charge on any atom is 0.0900 e. The summed E-state index contributed by atoms with van der Waals surface area (Å²) in [6.07, 6.45) is 6.21. The van der Waals surface area contributed by atoms with Gasteiger partial charge < -0.3 is 0 Å². The molecule has 3 aromatic heterocycles. The predicted molar refractivity (Wildman–Crippen MR) is 139 cm³/mol. The van der Waals surface area contributed by atoms with Crippen molar-refractivity contribution in [3.05, 3.63) is 91.3 Å². The average Bonchev–Trinajstić information content (AvgIpc) is 2.92. The van der Waals surface area contributed by atoms with E-state index in [4.69, 9.17) is 4.98 Å². The lowest BCUT2D eigenvalue weighted by Gasteiger charge is -2.09. The Morgan fingerprint density at radius 2 is 0.938 bits per heavy atom. The normalized spacial score (nSPS) is 9.19. The minimum atomic E-state index is 0.845. The van der Waals surface area contributed by atoms with E-state index in [-0.39, 0.29) is 0 Å². The molecular weight excluding hydrogens is 390 g/mol. The van der Waals surface area contributed by atoms with Crippen LogP contribution in [0, 0.1) is 0 Å². The lowest BCUT2D eigenvalue weighted by molar-refractivity contribution is 0.886. The first-order valence-electron chi connectivity index (χ1n) is 11.7. The van der Waals surface area contributed by atoms with Gasteiger partial charge >= 0.3 is 0 Å². The van der Waals surface area contributed by atoms with Gasteiger partial charge in [-0.2, -0.15) is 0 Å². The molecule has 3 heterocycles. The Hall–Kier alpha value is -3.33. The largest absolute Gasteiger partial charge is 0.255 e. The van der Waals surface area contributed by atoms with Gasteiger partial charge in [-0.25, -0.2) is 4.98 Å². The topological polar surface area (TPSA) is 38.7 Å². The summed E-state index contributed by atoms with van der Waals surface area (Å²) in [5, 5.41) is 0. The molecule has 0 amide bonds. The highest BCUT2D eigenvalue weighted by molar-refractivity contribution is 5.74. The van der Waals surface area contributed by atoms with Gasteiger partial charge in [0, 0.05) is 12.4 Å². The summed E-state index contributed by atoms with van der Waals surface area (Å²) in [5.74, 6) is 0. The van der Waals surface area contributed by atoms with E-state index < -0.39 is 0 Å². The maximum absolute atomic E-state index is 4.77. The first kappa shape index (κ1) is 26.7. The fourth-order valence-electron chi connectivity index (χ4n) is 2.62. The van der Waals surface area contributed by atoms with Crippen LogP contribution in [-0.4, -0.2) is 15.0 Å². The van der Waals surface area contributed by atoms with Gasteiger partial charge in [0.1, 0.15) is 0 Å². The number of hydrogen-bond donors (Lipinski definition) is 0. The molecule has 0 atom stereocenters. The van der Waals surface area contributed by atoms with E-state index in [1.165, 1.54) is 12.8 Å². The Kier molecular flexibility index (Phi) is 13.7. The van der Waals surface area contributed by atoms with Crippen LogP contribution >= 0.6 is 0 Å². The summed E-state index contributed by atoms with van der Waals surface area (Å²) in [5.41, 5.74) is 5.65. The molecule has 4 rings (SSSR count). The van der Waals surface area contributed by atoms with Crippen LogP contribution < -0.4 is 0 Å². The molecule has 0 aliphatic heterocycles. The second-order valence-electron chi connectivity index (χ2n) is 6.42. The Bertz CT molecular complexity index is 827. The van der Waals surface area contributed by atoms with Gasteiger partial charge in [-0.05, 0) is 47.5 Å². The van der Waals surface area contributed by atoms with Crippen LogP contribution in [0.4, 0.5) is 0 Å². The van der Waals surface area contributed by atoms with E-state index >= 15 is 0 Å². The van der Waals surface area contributed by atoms with E-state index in [0.29, 0.717) is 0 Å². The van der Waals surface area contributed by atoms with Gasteiger partial charge in [-0.1, -0.05) is 96.8 Å². The number of hydrogen-bond acceptors (Lipinski definition) is 3. The molecule has 32 heavy (non-hydrogen) atoms. The van der Waals surface area contributed by atoms with Gasteiger partial charge in [0.15, 0.2) is 0 Å². The Morgan fingerprint density at radius 1 is 0.500 bits per heavy atom. The van der Waals surface area contributed by atoms with Crippen LogP contribution in [0.5, 0.6) is 0 Å². The monoisotopic (exact) mass is 427 g/mol. The number of nitrogens with zero attached hydrogens (tertiary/aromatic N) is 3. The van der Waals surface area contributed by atoms with Crippen molar-refractivity contribution in [2.24, 2.45) is 0 Å². The van der Waals surface area contributed by atoms with Crippen molar-refractivity contribution < 1.29 is 0 Å². The van der Waals surface area contributed by atoms with Crippen LogP contribution in [0.2, 0.25) is 0 Å². The molecule has 0 bridgehead atoms. The summed E-state index contributed by atoms with van der Waals surface area (Å²) in [6.45, 7) is 12.4. The van der Waals surface area contributed by atoms with Crippen LogP contribution in [0.25, 0.3) is 33.9 Å². The highest BCUT2D eigenvalue weighted by atomic mass is 14.8. The molecule has 0 spiro atoms. The Labute approximate surface area is 194 Å². The fraction of sp³-hybridized carbons (Fsp3) is 0.276. The molecular formula is C29H37N3. The molecule has 4 aromatic rings. The van der Waals surface area contributed by atoms with Crippen LogP contribution in [0.1, 0.15) is 54.4 Å². The van der Waals surface area contributed by atoms with E-state index in [9.17, 15) is 0 Å². The van der Waals surface area contributed by atoms with Gasteiger partial charge in [-0.15, -0.1) is 0 Å². The highest BCUT2D eigenvalue weighted by Crippen LogP contribution is 2.28. The summed E-state index contributed by atoms with van der Waals surface area (Å²) < 4.78 is 0. The third-order valence-corrected chi connectivity index (χ3v) is 4.29. The van der Waals surface area contributed by atoms with Crippen LogP contribution in [0.3, 0.4) is 0 Å². The van der Waals surface area contributed by atoms with Crippen molar-refractivity contribution in [3.63, 3.8) is 0 Å². The minimum absolute atomic E-state index is 0.845. The number of rotatable bonds is 4. The molecule has 0 fully saturated rings. The number of benzene rings is 1. The van der Waals surface area contributed by atoms with Crippen molar-refractivity contribution in [1.29, 1.82) is 0 Å². The first-order valence-corrected chi connectivity index (χ1v) is 11.7. The molecule has 0 aliphatic rings. The first-order chi connectivity index (χ1) is 15.8. The second-order valence-corrected chi connectivity index (χ2v) is 6.42. The molecule has 0 saturated carbocycles. The zero-order chi connectivity index (χ0) is 23.6. The van der Waals surface area contributed by atoms with Crippen LogP contribution in [-0.2, 0) is 0 Å². The summed E-state index contributed by atoms with van der Waals surface area (Å²) in [7, 11) is 0. The van der Waals surface area contributed by atoms with Gasteiger partial charge in [-0.3, -0.25) is 9.97 Å². The van der Waals surface area contributed by atoms with Gasteiger partial charge in [0.25, 0.3) is 0 Å². The molecule has 3 heteroatoms. The van der Waals surface area contributed by atoms with E-state index in [1.807, 2.05) is 82.3 Å². The number of unbranched alkanes of at least 4 members (excludes halogenated alkanes) is 1. The second kappa shape index (κ2) is 16.4. The molecule has 168 valence electrons. The van der Waals surface area contributed by atoms with E-state index in [0.717, 1.165) is 33.9 Å². The molecule has 1 aromatic carbocycles. The lowest BCUT2D eigenvalue weighted by atomic mass is 10.0. The molecule has 0 unspecified atom stereocenters. The minimum Gasteiger partial charge on any atom is -0.255 e. The maximum atomic E-state index is 4.77. The third-order valence-electron chi connectivity index (χ3n) is 4.29. The van der Waals surface area contributed by atoms with Crippen molar-refractivity contribution in [2.75, 3.05) is 0 Å².